The maximum Gasteiger partial charge on any atom is 0.158 e. The van der Waals surface area contributed by atoms with Crippen molar-refractivity contribution < 1.29 is 9.50 Å². The highest BCUT2D eigenvalue weighted by molar-refractivity contribution is 5.75. The molecule has 0 fully saturated rings. The van der Waals surface area contributed by atoms with Gasteiger partial charge in [0.15, 0.2) is 5.54 Å². The van der Waals surface area contributed by atoms with Crippen LogP contribution in [0.3, 0.4) is 0 Å². The third-order valence-corrected chi connectivity index (χ3v) is 6.12. The Morgan fingerprint density at radius 2 is 1.45 bits per heavy atom. The largest absolute Gasteiger partial charge is 0.508 e. The van der Waals surface area contributed by atoms with E-state index in [-0.39, 0.29) is 11.6 Å². The standard InChI is InChI=1S/C29H23FN2O/c1-20-11-13-22(14-12-20)28-26(19-21-7-3-2-4-8-21)29(32-31-28,23-15-17-24(33)18-16-23)25-9-5-6-10-27(25)30/h2-18,33H,19H2,1H3. The molecule has 1 N–H and O–H groups in total. The zero-order valence-corrected chi connectivity index (χ0v) is 18.2. The van der Waals surface area contributed by atoms with Crippen molar-refractivity contribution in [3.05, 3.63) is 142 Å². The molecule has 162 valence electrons. The molecule has 1 aliphatic heterocycles. The van der Waals surface area contributed by atoms with Gasteiger partial charge in [-0.2, -0.15) is 10.2 Å². The Labute approximate surface area is 192 Å². The van der Waals surface area contributed by atoms with E-state index >= 15 is 4.39 Å². The van der Waals surface area contributed by atoms with Crippen molar-refractivity contribution in [1.82, 2.24) is 0 Å². The molecule has 4 aromatic carbocycles. The van der Waals surface area contributed by atoms with Crippen molar-refractivity contribution in [2.45, 2.75) is 18.9 Å². The zero-order valence-electron chi connectivity index (χ0n) is 18.2. The lowest BCUT2D eigenvalue weighted by atomic mass is 9.74. The van der Waals surface area contributed by atoms with Gasteiger partial charge in [-0.05, 0) is 42.7 Å². The van der Waals surface area contributed by atoms with Crippen molar-refractivity contribution in [2.24, 2.45) is 10.2 Å². The SMILES string of the molecule is Cc1ccc(C2=C(Cc3ccccc3)C(c3ccc(O)cc3)(c3ccccc3F)N=N2)cc1. The molecule has 0 amide bonds. The van der Waals surface area contributed by atoms with Crippen LogP contribution in [-0.4, -0.2) is 5.11 Å². The number of azo groups is 1. The molecule has 1 heterocycles. The molecule has 0 bridgehead atoms. The number of aromatic hydroxyl groups is 1. The molecule has 0 saturated heterocycles. The van der Waals surface area contributed by atoms with Crippen molar-refractivity contribution in [3.8, 4) is 5.75 Å². The smallest absolute Gasteiger partial charge is 0.158 e. The molecule has 4 heteroatoms. The summed E-state index contributed by atoms with van der Waals surface area (Å²) in [7, 11) is 0. The quantitative estimate of drug-likeness (QED) is 0.355. The molecule has 0 saturated carbocycles. The molecule has 0 aromatic heterocycles. The summed E-state index contributed by atoms with van der Waals surface area (Å²) in [5.74, 6) is -0.204. The molecule has 0 spiro atoms. The third kappa shape index (κ3) is 3.74. The average Bonchev–Trinajstić information content (AvgIpc) is 3.20. The fraction of sp³-hybridized carbons (Fsp3) is 0.103. The summed E-state index contributed by atoms with van der Waals surface area (Å²) in [5, 5.41) is 19.4. The monoisotopic (exact) mass is 434 g/mol. The lowest BCUT2D eigenvalue weighted by Crippen LogP contribution is -2.29. The second-order valence-electron chi connectivity index (χ2n) is 8.29. The van der Waals surface area contributed by atoms with Crippen LogP contribution >= 0.6 is 0 Å². The number of hydrogen-bond acceptors (Lipinski definition) is 3. The van der Waals surface area contributed by atoms with Gasteiger partial charge in [-0.15, -0.1) is 0 Å². The highest BCUT2D eigenvalue weighted by Crippen LogP contribution is 2.50. The van der Waals surface area contributed by atoms with Crippen LogP contribution in [0.5, 0.6) is 5.75 Å². The van der Waals surface area contributed by atoms with Crippen LogP contribution in [0.15, 0.2) is 119 Å². The third-order valence-electron chi connectivity index (χ3n) is 6.12. The van der Waals surface area contributed by atoms with Gasteiger partial charge in [0.05, 0.1) is 5.70 Å². The van der Waals surface area contributed by atoms with Gasteiger partial charge in [0.25, 0.3) is 0 Å². The number of aryl methyl sites for hydroxylation is 1. The number of phenols is 1. The molecular weight excluding hydrogens is 411 g/mol. The molecule has 0 aliphatic carbocycles. The maximum absolute atomic E-state index is 15.4. The predicted molar refractivity (Wildman–Crippen MR) is 128 cm³/mol. The number of hydrogen-bond donors (Lipinski definition) is 1. The molecule has 1 atom stereocenters. The summed E-state index contributed by atoms with van der Waals surface area (Å²) in [4.78, 5) is 0. The Kier molecular flexibility index (Phi) is 5.35. The van der Waals surface area contributed by atoms with Crippen molar-refractivity contribution in [1.29, 1.82) is 0 Å². The van der Waals surface area contributed by atoms with Crippen molar-refractivity contribution in [3.63, 3.8) is 0 Å². The van der Waals surface area contributed by atoms with E-state index in [2.05, 4.69) is 17.2 Å². The van der Waals surface area contributed by atoms with Crippen LogP contribution in [0.4, 0.5) is 4.39 Å². The molecular formula is C29H23FN2O. The first-order valence-corrected chi connectivity index (χ1v) is 10.9. The van der Waals surface area contributed by atoms with Gasteiger partial charge in [-0.1, -0.05) is 90.5 Å². The zero-order chi connectivity index (χ0) is 22.8. The molecule has 1 unspecified atom stereocenters. The Morgan fingerprint density at radius 1 is 0.788 bits per heavy atom. The molecule has 0 radical (unpaired) electrons. The summed E-state index contributed by atoms with van der Waals surface area (Å²) in [6.07, 6.45) is 0.548. The van der Waals surface area contributed by atoms with E-state index in [0.29, 0.717) is 12.0 Å². The summed E-state index contributed by atoms with van der Waals surface area (Å²) < 4.78 is 15.4. The Bertz CT molecular complexity index is 1340. The second-order valence-corrected chi connectivity index (χ2v) is 8.29. The minimum atomic E-state index is -1.14. The molecule has 3 nitrogen and oxygen atoms in total. The number of nitrogens with zero attached hydrogens (tertiary/aromatic N) is 2. The number of phenolic OH excluding ortho intramolecular Hbond substituents is 1. The molecule has 4 aromatic rings. The van der Waals surface area contributed by atoms with E-state index < -0.39 is 5.54 Å². The van der Waals surface area contributed by atoms with Gasteiger partial charge in [0.2, 0.25) is 0 Å². The molecule has 5 rings (SSSR count). The van der Waals surface area contributed by atoms with Gasteiger partial charge < -0.3 is 5.11 Å². The van der Waals surface area contributed by atoms with Gasteiger partial charge in [0, 0.05) is 16.7 Å². The van der Waals surface area contributed by atoms with Crippen LogP contribution in [-0.2, 0) is 12.0 Å². The first kappa shape index (κ1) is 20.8. The lowest BCUT2D eigenvalue weighted by molar-refractivity contribution is 0.474. The Hall–Kier alpha value is -4.05. The number of benzene rings is 4. The van der Waals surface area contributed by atoms with E-state index in [1.54, 1.807) is 36.4 Å². The predicted octanol–water partition coefficient (Wildman–Crippen LogP) is 7.20. The summed E-state index contributed by atoms with van der Waals surface area (Å²) in [6.45, 7) is 2.04. The maximum atomic E-state index is 15.4. The molecule has 1 aliphatic rings. The highest BCUT2D eigenvalue weighted by Gasteiger charge is 2.45. The van der Waals surface area contributed by atoms with Crippen LogP contribution in [0.2, 0.25) is 0 Å². The highest BCUT2D eigenvalue weighted by atomic mass is 19.1. The normalized spacial score (nSPS) is 17.5. The van der Waals surface area contributed by atoms with Gasteiger partial charge >= 0.3 is 0 Å². The Balaban J connectivity index is 1.81. The van der Waals surface area contributed by atoms with Gasteiger partial charge in [-0.3, -0.25) is 0 Å². The fourth-order valence-corrected chi connectivity index (χ4v) is 4.43. The minimum absolute atomic E-state index is 0.143. The van der Waals surface area contributed by atoms with E-state index in [1.165, 1.54) is 6.07 Å². The summed E-state index contributed by atoms with van der Waals surface area (Å²) >= 11 is 0. The van der Waals surface area contributed by atoms with Crippen LogP contribution in [0.1, 0.15) is 27.8 Å². The second kappa shape index (κ2) is 8.47. The lowest BCUT2D eigenvalue weighted by Gasteiger charge is -2.30. The number of rotatable bonds is 5. The number of halogens is 1. The first-order valence-electron chi connectivity index (χ1n) is 10.9. The minimum Gasteiger partial charge on any atom is -0.508 e. The Morgan fingerprint density at radius 3 is 2.15 bits per heavy atom. The van der Waals surface area contributed by atoms with Crippen molar-refractivity contribution >= 4 is 5.70 Å². The van der Waals surface area contributed by atoms with Gasteiger partial charge in [0.1, 0.15) is 11.6 Å². The van der Waals surface area contributed by atoms with Gasteiger partial charge in [-0.25, -0.2) is 4.39 Å². The summed E-state index contributed by atoms with van der Waals surface area (Å²) in [6, 6.07) is 31.8. The van der Waals surface area contributed by atoms with E-state index in [0.717, 1.165) is 33.5 Å². The van der Waals surface area contributed by atoms with E-state index in [1.807, 2.05) is 55.5 Å². The fourth-order valence-electron chi connectivity index (χ4n) is 4.43. The van der Waals surface area contributed by atoms with E-state index in [4.69, 9.17) is 5.11 Å². The van der Waals surface area contributed by atoms with Crippen LogP contribution in [0.25, 0.3) is 5.70 Å². The van der Waals surface area contributed by atoms with E-state index in [9.17, 15) is 5.11 Å². The van der Waals surface area contributed by atoms with Crippen LogP contribution in [0, 0.1) is 12.7 Å². The van der Waals surface area contributed by atoms with Crippen molar-refractivity contribution in [2.75, 3.05) is 0 Å². The van der Waals surface area contributed by atoms with Crippen LogP contribution < -0.4 is 0 Å². The topological polar surface area (TPSA) is 45.0 Å². The molecule has 33 heavy (non-hydrogen) atoms. The summed E-state index contributed by atoms with van der Waals surface area (Å²) in [5.41, 5.74) is 4.86. The first-order chi connectivity index (χ1) is 16.1. The average molecular weight is 435 g/mol.